The predicted molar refractivity (Wildman–Crippen MR) is 102 cm³/mol. The summed E-state index contributed by atoms with van der Waals surface area (Å²) in [7, 11) is 3.77. The lowest BCUT2D eigenvalue weighted by Gasteiger charge is -2.46. The van der Waals surface area contributed by atoms with Gasteiger partial charge in [0.2, 0.25) is 0 Å². The first-order valence-electron chi connectivity index (χ1n) is 9.25. The average Bonchev–Trinajstić information content (AvgIpc) is 3.00. The van der Waals surface area contributed by atoms with Crippen molar-refractivity contribution in [2.45, 2.75) is 25.8 Å². The van der Waals surface area contributed by atoms with Gasteiger partial charge in [0.25, 0.3) is 0 Å². The fourth-order valence-corrected chi connectivity index (χ4v) is 4.86. The Labute approximate surface area is 153 Å². The number of H-pyrrole nitrogens is 1. The molecule has 1 aliphatic carbocycles. The maximum absolute atomic E-state index is 13.1. The number of aromatic amines is 1. The first kappa shape index (κ1) is 17.3. The summed E-state index contributed by atoms with van der Waals surface area (Å²) in [5, 5.41) is 11.2. The molecule has 2 N–H and O–H groups in total. The number of likely N-dealkylation sites (tertiary alicyclic amines) is 1. The molecular formula is C21H26N2O3. The normalized spacial score (nSPS) is 28.1. The number of aromatic nitrogens is 1. The number of benzene rings is 1. The Morgan fingerprint density at radius 1 is 1.38 bits per heavy atom. The Morgan fingerprint density at radius 2 is 2.19 bits per heavy atom. The number of carbonyl (C=O) groups excluding carboxylic acids is 1. The number of hydrogen-bond donors (Lipinski definition) is 2. The van der Waals surface area contributed by atoms with Crippen LogP contribution in [0.15, 0.2) is 29.8 Å². The standard InChI is InChI=1S/C21H26N2O3/c1-4-12-10-23(2)19-8-16-14-6-5-13(26-3)7-18(14)22-21(16)20(25)9-15(12)17(19)11-24/h4-7,15,17,19,22,24H,8-11H2,1-3H3/b12-4-/t15-,17?,19-/m0/s1. The molecule has 1 aliphatic heterocycles. The predicted octanol–water partition coefficient (Wildman–Crippen LogP) is 2.79. The average molecular weight is 354 g/mol. The van der Waals surface area contributed by atoms with Crippen LogP contribution in [-0.4, -0.2) is 54.1 Å². The molecular weight excluding hydrogens is 328 g/mol. The fourth-order valence-electron chi connectivity index (χ4n) is 4.86. The topological polar surface area (TPSA) is 65.6 Å². The molecule has 0 radical (unpaired) electrons. The van der Waals surface area contributed by atoms with Crippen LogP contribution in [-0.2, 0) is 6.42 Å². The molecule has 138 valence electrons. The minimum atomic E-state index is 0.0836. The summed E-state index contributed by atoms with van der Waals surface area (Å²) >= 11 is 0. The van der Waals surface area contributed by atoms with Gasteiger partial charge in [0.1, 0.15) is 5.75 Å². The molecule has 0 saturated carbocycles. The molecule has 1 fully saturated rings. The molecule has 2 heterocycles. The lowest BCUT2D eigenvalue weighted by molar-refractivity contribution is 0.0518. The van der Waals surface area contributed by atoms with Gasteiger partial charge in [-0.3, -0.25) is 9.69 Å². The summed E-state index contributed by atoms with van der Waals surface area (Å²) in [6, 6.07) is 6.14. The highest BCUT2D eigenvalue weighted by atomic mass is 16.5. The Bertz CT molecular complexity index is 883. The fraction of sp³-hybridized carbons (Fsp3) is 0.476. The smallest absolute Gasteiger partial charge is 0.179 e. The van der Waals surface area contributed by atoms with Crippen LogP contribution in [0.2, 0.25) is 0 Å². The highest BCUT2D eigenvalue weighted by Gasteiger charge is 2.42. The number of allylic oxidation sites excluding steroid dienone is 1. The summed E-state index contributed by atoms with van der Waals surface area (Å²) < 4.78 is 5.33. The van der Waals surface area contributed by atoms with Crippen molar-refractivity contribution in [2.75, 3.05) is 27.3 Å². The summed E-state index contributed by atoms with van der Waals surface area (Å²) in [5.74, 6) is 1.12. The second-order valence-corrected chi connectivity index (χ2v) is 7.52. The Kier molecular flexibility index (Phi) is 4.37. The Balaban J connectivity index is 1.87. The van der Waals surface area contributed by atoms with Crippen LogP contribution in [0.5, 0.6) is 5.75 Å². The first-order valence-corrected chi connectivity index (χ1v) is 9.25. The van der Waals surface area contributed by atoms with E-state index >= 15 is 0 Å². The van der Waals surface area contributed by atoms with E-state index in [4.69, 9.17) is 4.74 Å². The molecule has 4 rings (SSSR count). The van der Waals surface area contributed by atoms with Crippen molar-refractivity contribution in [3.8, 4) is 5.75 Å². The molecule has 0 amide bonds. The van der Waals surface area contributed by atoms with Crippen LogP contribution in [0.4, 0.5) is 0 Å². The van der Waals surface area contributed by atoms with Gasteiger partial charge in [-0.2, -0.15) is 0 Å². The van der Waals surface area contributed by atoms with E-state index in [1.54, 1.807) is 7.11 Å². The van der Waals surface area contributed by atoms with Crippen molar-refractivity contribution >= 4 is 16.7 Å². The van der Waals surface area contributed by atoms with Crippen LogP contribution < -0.4 is 4.74 Å². The van der Waals surface area contributed by atoms with E-state index in [-0.39, 0.29) is 30.3 Å². The van der Waals surface area contributed by atoms with Crippen LogP contribution in [0.25, 0.3) is 10.9 Å². The van der Waals surface area contributed by atoms with Gasteiger partial charge in [-0.15, -0.1) is 0 Å². The summed E-state index contributed by atoms with van der Waals surface area (Å²) in [5.41, 5.74) is 4.00. The highest BCUT2D eigenvalue weighted by Crippen LogP contribution is 2.41. The molecule has 1 aromatic carbocycles. The monoisotopic (exact) mass is 354 g/mol. The molecule has 26 heavy (non-hydrogen) atoms. The summed E-state index contributed by atoms with van der Waals surface area (Å²) in [4.78, 5) is 18.8. The zero-order valence-electron chi connectivity index (χ0n) is 15.6. The van der Waals surface area contributed by atoms with Gasteiger partial charge in [-0.05, 0) is 44.0 Å². The maximum Gasteiger partial charge on any atom is 0.179 e. The molecule has 3 atom stereocenters. The Morgan fingerprint density at radius 3 is 2.88 bits per heavy atom. The zero-order valence-corrected chi connectivity index (χ0v) is 15.6. The van der Waals surface area contributed by atoms with Crippen molar-refractivity contribution in [3.63, 3.8) is 0 Å². The van der Waals surface area contributed by atoms with Gasteiger partial charge in [0, 0.05) is 48.5 Å². The number of rotatable bonds is 2. The molecule has 2 aromatic rings. The van der Waals surface area contributed by atoms with Crippen molar-refractivity contribution in [3.05, 3.63) is 41.1 Å². The number of nitrogens with one attached hydrogen (secondary N) is 1. The third kappa shape index (κ3) is 2.58. The number of aliphatic hydroxyl groups is 1. The largest absolute Gasteiger partial charge is 0.497 e. The van der Waals surface area contributed by atoms with E-state index < -0.39 is 0 Å². The van der Waals surface area contributed by atoms with Crippen LogP contribution in [0.1, 0.15) is 29.4 Å². The summed E-state index contributed by atoms with van der Waals surface area (Å²) in [6.45, 7) is 3.00. The number of nitrogens with zero attached hydrogens (tertiary/aromatic N) is 1. The molecule has 1 aromatic heterocycles. The maximum atomic E-state index is 13.1. The van der Waals surface area contributed by atoms with E-state index in [9.17, 15) is 9.90 Å². The molecule has 5 nitrogen and oxygen atoms in total. The van der Waals surface area contributed by atoms with Crippen LogP contribution >= 0.6 is 0 Å². The van der Waals surface area contributed by atoms with Gasteiger partial charge in [-0.1, -0.05) is 11.6 Å². The van der Waals surface area contributed by atoms with Gasteiger partial charge in [0.15, 0.2) is 5.78 Å². The van der Waals surface area contributed by atoms with Crippen molar-refractivity contribution in [1.29, 1.82) is 0 Å². The SMILES string of the molecule is C/C=C1/CN(C)[C@H]2Cc3c([nH]c4cc(OC)ccc34)C(=O)C[C@@H]1C2CO. The number of Topliss-reactive ketones (excluding diaryl/α,β-unsaturated/α-hetero) is 1. The molecule has 1 saturated heterocycles. The first-order chi connectivity index (χ1) is 12.6. The van der Waals surface area contributed by atoms with E-state index in [0.717, 1.165) is 40.9 Å². The molecule has 2 bridgehead atoms. The number of methoxy groups -OCH3 is 1. The second kappa shape index (κ2) is 6.56. The second-order valence-electron chi connectivity index (χ2n) is 7.52. The molecule has 0 spiro atoms. The van der Waals surface area contributed by atoms with E-state index in [0.29, 0.717) is 6.42 Å². The van der Waals surface area contributed by atoms with Gasteiger partial charge >= 0.3 is 0 Å². The third-order valence-electron chi connectivity index (χ3n) is 6.28. The van der Waals surface area contributed by atoms with Gasteiger partial charge in [-0.25, -0.2) is 0 Å². The zero-order chi connectivity index (χ0) is 18.4. The number of carbonyl (C=O) groups is 1. The van der Waals surface area contributed by atoms with Gasteiger partial charge < -0.3 is 14.8 Å². The number of likely N-dealkylation sites (N-methyl/N-ethyl adjacent to an activating group) is 1. The molecule has 2 aliphatic rings. The number of ether oxygens (including phenoxy) is 1. The van der Waals surface area contributed by atoms with E-state index in [1.165, 1.54) is 5.57 Å². The van der Waals surface area contributed by atoms with E-state index in [2.05, 4.69) is 23.0 Å². The minimum absolute atomic E-state index is 0.0836. The highest BCUT2D eigenvalue weighted by molar-refractivity contribution is 6.03. The number of aliphatic hydroxyl groups excluding tert-OH is 1. The van der Waals surface area contributed by atoms with Crippen molar-refractivity contribution in [1.82, 2.24) is 9.88 Å². The van der Waals surface area contributed by atoms with Crippen molar-refractivity contribution < 1.29 is 14.6 Å². The van der Waals surface area contributed by atoms with Crippen molar-refractivity contribution in [2.24, 2.45) is 11.8 Å². The Hall–Kier alpha value is -2.11. The quantitative estimate of drug-likeness (QED) is 0.814. The van der Waals surface area contributed by atoms with Crippen LogP contribution in [0, 0.1) is 11.8 Å². The number of ketones is 1. The lowest BCUT2D eigenvalue weighted by Crippen LogP contribution is -2.52. The number of piperidine rings is 1. The van der Waals surface area contributed by atoms with E-state index in [1.807, 2.05) is 25.1 Å². The number of hydrogen-bond acceptors (Lipinski definition) is 4. The molecule has 5 heteroatoms. The van der Waals surface area contributed by atoms with Crippen LogP contribution in [0.3, 0.4) is 0 Å². The molecule has 1 unspecified atom stereocenters. The minimum Gasteiger partial charge on any atom is -0.497 e. The number of fused-ring (bicyclic) bond motifs is 5. The summed E-state index contributed by atoms with van der Waals surface area (Å²) in [6.07, 6.45) is 3.33. The third-order valence-corrected chi connectivity index (χ3v) is 6.28. The van der Waals surface area contributed by atoms with Gasteiger partial charge in [0.05, 0.1) is 12.8 Å². The lowest BCUT2D eigenvalue weighted by atomic mass is 9.71.